The molecule has 1 radical (unpaired) electrons. The first-order chi connectivity index (χ1) is 1.73. The van der Waals surface area contributed by atoms with Crippen molar-refractivity contribution in [2.24, 2.45) is 0 Å². The van der Waals surface area contributed by atoms with Crippen LogP contribution in [-0.2, 0) is 33.7 Å². The zero-order valence-electron chi connectivity index (χ0n) is 2.01. The van der Waals surface area contributed by atoms with Crippen LogP contribution in [0.25, 0.3) is 0 Å². The van der Waals surface area contributed by atoms with E-state index in [4.69, 9.17) is 13.3 Å². The molecule has 0 aromatic carbocycles. The van der Waals surface area contributed by atoms with E-state index in [9.17, 15) is 0 Å². The summed E-state index contributed by atoms with van der Waals surface area (Å²) in [6.07, 6.45) is 0. The topological polar surface area (TPSA) is 57.5 Å². The third-order valence-electron chi connectivity index (χ3n) is 0. The van der Waals surface area contributed by atoms with E-state index in [1.807, 2.05) is 0 Å². The van der Waals surface area contributed by atoms with Crippen molar-refractivity contribution in [2.45, 2.75) is 0 Å². The monoisotopic (exact) mass is 279 g/mol. The normalized spacial score (nSPS) is 7.00. The van der Waals surface area contributed by atoms with Gasteiger partial charge in [-0.15, -0.1) is 0 Å². The van der Waals surface area contributed by atoms with Crippen molar-refractivity contribution in [2.75, 3.05) is 0 Å². The Kier molecular flexibility index (Phi) is 8.91. The molecule has 5 heteroatoms. The molecular weight excluding hydrogens is 277 g/mol. The molecule has 2 N–H and O–H groups in total. The second-order valence-electron chi connectivity index (χ2n) is 0.231. The molecule has 0 aliphatic rings. The van der Waals surface area contributed by atoms with Crippen LogP contribution in [0.15, 0.2) is 0 Å². The second kappa shape index (κ2) is 4.81. The minimum atomic E-state index is -2.61. The molecule has 0 saturated heterocycles. The Morgan fingerprint density at radius 1 is 1.40 bits per heavy atom. The van der Waals surface area contributed by atoms with Gasteiger partial charge in [-0.1, -0.05) is 0 Å². The zero-order chi connectivity index (χ0) is 3.58. The number of hydrogen-bond donors (Lipinski definition) is 2. The molecule has 0 heterocycles. The fraction of sp³-hybridized carbons (Fsp3) is 0. The van der Waals surface area contributed by atoms with Crippen molar-refractivity contribution >= 4 is 11.4 Å². The van der Waals surface area contributed by atoms with Gasteiger partial charge in [-0.2, -0.15) is 4.21 Å². The molecule has 0 bridgehead atoms. The van der Waals surface area contributed by atoms with Gasteiger partial charge in [-0.3, -0.25) is 9.11 Å². The fourth-order valence-corrected chi connectivity index (χ4v) is 0. The maximum absolute atomic E-state index is 8.67. The van der Waals surface area contributed by atoms with Crippen LogP contribution in [0.3, 0.4) is 0 Å². The molecule has 0 spiro atoms. The summed E-state index contributed by atoms with van der Waals surface area (Å²) < 4.78 is 22.8. The van der Waals surface area contributed by atoms with Crippen LogP contribution in [0.4, 0.5) is 0 Å². The van der Waals surface area contributed by atoms with E-state index in [0.29, 0.717) is 0 Å². The second-order valence-corrected chi connectivity index (χ2v) is 0.692. The van der Waals surface area contributed by atoms with Crippen LogP contribution >= 0.6 is 0 Å². The zero-order valence-corrected chi connectivity index (χ0v) is 5.00. The van der Waals surface area contributed by atoms with Crippen LogP contribution < -0.4 is 0 Å². The van der Waals surface area contributed by atoms with E-state index < -0.39 is 11.4 Å². The molecule has 37 valence electrons. The fourth-order valence-electron chi connectivity index (χ4n) is 0. The van der Waals surface area contributed by atoms with Gasteiger partial charge in [0.2, 0.25) is 0 Å². The minimum Gasteiger partial charge on any atom is -0.284 e. The third-order valence-corrected chi connectivity index (χ3v) is 0. The van der Waals surface area contributed by atoms with Crippen LogP contribution in [0.2, 0.25) is 0 Å². The first-order valence-electron chi connectivity index (χ1n) is 0.532. The molecule has 5 heavy (non-hydrogen) atoms. The molecule has 0 aromatic rings. The smallest absolute Gasteiger partial charge is 0.284 e. The van der Waals surface area contributed by atoms with Crippen molar-refractivity contribution in [3.05, 3.63) is 0 Å². The third kappa shape index (κ3) is 57.9. The molecule has 0 aliphatic heterocycles. The predicted molar refractivity (Wildman–Crippen MR) is 13.4 cm³/mol. The summed E-state index contributed by atoms with van der Waals surface area (Å²) >= 11 is -2.61. The molecule has 3 nitrogen and oxygen atoms in total. The van der Waals surface area contributed by atoms with Gasteiger partial charge < -0.3 is 0 Å². The molecule has 0 amide bonds. The largest absolute Gasteiger partial charge is 0.299 e. The van der Waals surface area contributed by atoms with Crippen molar-refractivity contribution in [1.82, 2.24) is 0 Å². The summed E-state index contributed by atoms with van der Waals surface area (Å²) in [4.78, 5) is 0. The van der Waals surface area contributed by atoms with E-state index in [1.54, 1.807) is 0 Å². The molecule has 0 unspecified atom stereocenters. The van der Waals surface area contributed by atoms with E-state index in [0.717, 1.165) is 0 Å². The number of hydrogen-bond acceptors (Lipinski definition) is 1. The summed E-state index contributed by atoms with van der Waals surface area (Å²) in [7, 11) is 0. The Morgan fingerprint density at radius 3 is 1.40 bits per heavy atom. The quantitative estimate of drug-likeness (QED) is 0.472. The van der Waals surface area contributed by atoms with Gasteiger partial charge in [-0.25, -0.2) is 0 Å². The number of rotatable bonds is 0. The van der Waals surface area contributed by atoms with Crippen LogP contribution in [0.5, 0.6) is 0 Å². The van der Waals surface area contributed by atoms with Crippen LogP contribution in [-0.4, -0.2) is 13.3 Å². The molecule has 0 fully saturated rings. The van der Waals surface area contributed by atoms with Crippen molar-refractivity contribution in [1.29, 1.82) is 0 Å². The maximum atomic E-state index is 8.67. The van der Waals surface area contributed by atoms with Gasteiger partial charge in [0.25, 0.3) is 11.4 Å². The summed E-state index contributed by atoms with van der Waals surface area (Å²) in [6, 6.07) is 0. The van der Waals surface area contributed by atoms with Crippen molar-refractivity contribution in [3.8, 4) is 0 Å². The first kappa shape index (κ1) is 9.26. The SMILES string of the molecule is O=S(O)O.[Au]. The minimum absolute atomic E-state index is 0. The van der Waals surface area contributed by atoms with Gasteiger partial charge in [0, 0.05) is 22.4 Å². The molecule has 0 aromatic heterocycles. The van der Waals surface area contributed by atoms with E-state index in [-0.39, 0.29) is 22.4 Å². The Hall–Kier alpha value is 0.810. The van der Waals surface area contributed by atoms with Crippen LogP contribution in [0, 0.1) is 0 Å². The van der Waals surface area contributed by atoms with Crippen LogP contribution in [0.1, 0.15) is 0 Å². The van der Waals surface area contributed by atoms with Gasteiger partial charge in [0.05, 0.1) is 0 Å². The summed E-state index contributed by atoms with van der Waals surface area (Å²) in [5, 5.41) is 0. The average molecular weight is 279 g/mol. The van der Waals surface area contributed by atoms with Gasteiger partial charge in [-0.05, 0) is 0 Å². The van der Waals surface area contributed by atoms with E-state index in [2.05, 4.69) is 0 Å². The molecule has 0 saturated carbocycles. The van der Waals surface area contributed by atoms with Gasteiger partial charge in [0.15, 0.2) is 0 Å². The van der Waals surface area contributed by atoms with E-state index in [1.165, 1.54) is 0 Å². The summed E-state index contributed by atoms with van der Waals surface area (Å²) in [6.45, 7) is 0. The van der Waals surface area contributed by atoms with Gasteiger partial charge in [0.1, 0.15) is 0 Å². The van der Waals surface area contributed by atoms with E-state index >= 15 is 0 Å². The van der Waals surface area contributed by atoms with Crippen molar-refractivity contribution in [3.63, 3.8) is 0 Å². The Labute approximate surface area is 47.4 Å². The van der Waals surface area contributed by atoms with Crippen molar-refractivity contribution < 1.29 is 35.7 Å². The molecule has 0 aliphatic carbocycles. The first-order valence-corrected chi connectivity index (χ1v) is 1.60. The Balaban J connectivity index is 0. The predicted octanol–water partition coefficient (Wildman–Crippen LogP) is -0.321. The molecule has 0 atom stereocenters. The Bertz CT molecular complexity index is 29.9. The Morgan fingerprint density at radius 2 is 1.40 bits per heavy atom. The molecular formula is H2AuO3S. The van der Waals surface area contributed by atoms with Gasteiger partial charge >= 0.3 is 0 Å². The molecule has 0 rings (SSSR count). The maximum Gasteiger partial charge on any atom is 0.299 e. The average Bonchev–Trinajstić information content (AvgIpc) is 0.811. The standard InChI is InChI=1S/Au.H2O3S/c;1-4(2)3/h;(H2,1,2,3). The summed E-state index contributed by atoms with van der Waals surface area (Å²) in [5.74, 6) is 0. The summed E-state index contributed by atoms with van der Waals surface area (Å²) in [5.41, 5.74) is 0.